The molecule has 3 amide bonds. The Kier molecular flexibility index (Phi) is 6.98. The van der Waals surface area contributed by atoms with E-state index in [1.807, 2.05) is 37.3 Å². The Labute approximate surface area is 226 Å². The number of nitrogens with zero attached hydrogens (tertiary/aromatic N) is 3. The summed E-state index contributed by atoms with van der Waals surface area (Å²) in [5.41, 5.74) is 3.37. The van der Waals surface area contributed by atoms with E-state index in [0.29, 0.717) is 16.4 Å². The number of amides is 3. The predicted molar refractivity (Wildman–Crippen MR) is 146 cm³/mol. The van der Waals surface area contributed by atoms with Crippen molar-refractivity contribution in [3.8, 4) is 0 Å². The minimum atomic E-state index is -3.37. The first-order valence-electron chi connectivity index (χ1n) is 12.2. The van der Waals surface area contributed by atoms with Gasteiger partial charge in [0.25, 0.3) is 0 Å². The summed E-state index contributed by atoms with van der Waals surface area (Å²) in [7, 11) is -3.37. The number of carbonyl (C=O) groups is 2. The SMILES string of the molecule is Cc1cccc(C2C(c3ccc(S(C)(=O)=O)cc3)N=C(c3cccc(Cl)c3)N2C(=O)N2CCC(=O)NC2)c1. The summed E-state index contributed by atoms with van der Waals surface area (Å²) in [6.07, 6.45) is 1.38. The van der Waals surface area contributed by atoms with E-state index in [9.17, 15) is 18.0 Å². The molecule has 5 rings (SSSR count). The second kappa shape index (κ2) is 10.2. The second-order valence-electron chi connectivity index (χ2n) is 9.53. The molecular weight excluding hydrogens is 524 g/mol. The normalized spacial score (nSPS) is 19.8. The molecule has 2 aliphatic heterocycles. The number of sulfone groups is 1. The van der Waals surface area contributed by atoms with Crippen molar-refractivity contribution in [1.29, 1.82) is 0 Å². The molecule has 1 N–H and O–H groups in total. The molecule has 0 saturated carbocycles. The maximum Gasteiger partial charge on any atom is 0.327 e. The molecule has 2 atom stereocenters. The van der Waals surface area contributed by atoms with E-state index in [4.69, 9.17) is 16.6 Å². The van der Waals surface area contributed by atoms with Crippen molar-refractivity contribution < 1.29 is 18.0 Å². The minimum Gasteiger partial charge on any atom is -0.338 e. The molecule has 0 aliphatic carbocycles. The van der Waals surface area contributed by atoms with Gasteiger partial charge in [-0.2, -0.15) is 0 Å². The van der Waals surface area contributed by atoms with Crippen LogP contribution in [0.4, 0.5) is 4.79 Å². The van der Waals surface area contributed by atoms with Gasteiger partial charge in [0.1, 0.15) is 11.9 Å². The highest BCUT2D eigenvalue weighted by atomic mass is 35.5. The zero-order valence-corrected chi connectivity index (χ0v) is 22.5. The molecule has 1 saturated heterocycles. The molecule has 0 aromatic heterocycles. The number of hydrogen-bond donors (Lipinski definition) is 1. The van der Waals surface area contributed by atoms with Crippen molar-refractivity contribution in [3.63, 3.8) is 0 Å². The number of amidine groups is 1. The number of halogens is 1. The van der Waals surface area contributed by atoms with Crippen LogP contribution in [-0.2, 0) is 14.6 Å². The van der Waals surface area contributed by atoms with Crippen LogP contribution in [0.1, 0.15) is 40.8 Å². The highest BCUT2D eigenvalue weighted by Crippen LogP contribution is 2.44. The van der Waals surface area contributed by atoms with Crippen molar-refractivity contribution in [1.82, 2.24) is 15.1 Å². The van der Waals surface area contributed by atoms with Gasteiger partial charge in [0.15, 0.2) is 9.84 Å². The highest BCUT2D eigenvalue weighted by Gasteiger charge is 2.44. The topological polar surface area (TPSA) is 99.2 Å². The van der Waals surface area contributed by atoms with E-state index in [0.717, 1.165) is 16.7 Å². The van der Waals surface area contributed by atoms with Gasteiger partial charge in [-0.3, -0.25) is 14.7 Å². The van der Waals surface area contributed by atoms with Gasteiger partial charge in [-0.1, -0.05) is 65.7 Å². The van der Waals surface area contributed by atoms with Gasteiger partial charge in [0.05, 0.1) is 17.6 Å². The number of urea groups is 1. The van der Waals surface area contributed by atoms with Gasteiger partial charge in [-0.05, 0) is 42.3 Å². The van der Waals surface area contributed by atoms with Crippen LogP contribution in [0, 0.1) is 6.92 Å². The minimum absolute atomic E-state index is 0.0988. The van der Waals surface area contributed by atoms with Crippen molar-refractivity contribution in [2.24, 2.45) is 4.99 Å². The maximum atomic E-state index is 14.1. The average Bonchev–Trinajstić information content (AvgIpc) is 3.29. The van der Waals surface area contributed by atoms with Crippen molar-refractivity contribution >= 4 is 39.2 Å². The molecular formula is C28H27ClN4O4S. The van der Waals surface area contributed by atoms with Crippen LogP contribution >= 0.6 is 11.6 Å². The molecule has 0 radical (unpaired) electrons. The molecule has 0 spiro atoms. The van der Waals surface area contributed by atoms with E-state index >= 15 is 0 Å². The fraction of sp³-hybridized carbons (Fsp3) is 0.250. The summed E-state index contributed by atoms with van der Waals surface area (Å²) in [6, 6.07) is 20.4. The van der Waals surface area contributed by atoms with Gasteiger partial charge in [0.2, 0.25) is 5.91 Å². The van der Waals surface area contributed by atoms with Crippen LogP contribution in [0.3, 0.4) is 0 Å². The molecule has 3 aromatic carbocycles. The Hall–Kier alpha value is -3.69. The molecule has 10 heteroatoms. The predicted octanol–water partition coefficient (Wildman–Crippen LogP) is 4.50. The quantitative estimate of drug-likeness (QED) is 0.517. The van der Waals surface area contributed by atoms with Crippen LogP contribution in [0.5, 0.6) is 0 Å². The van der Waals surface area contributed by atoms with E-state index in [1.54, 1.807) is 52.3 Å². The molecule has 2 heterocycles. The standard InChI is InChI=1S/C28H27ClN4O4S/c1-18-5-3-6-20(15-18)26-25(19-9-11-23(12-10-19)38(2,36)37)31-27(21-7-4-8-22(29)16-21)33(26)28(35)32-14-13-24(34)30-17-32/h3-12,15-16,25-26H,13-14,17H2,1-2H3,(H,30,34). The number of rotatable bonds is 4. The van der Waals surface area contributed by atoms with Crippen LogP contribution in [0.15, 0.2) is 82.7 Å². The first-order valence-corrected chi connectivity index (χ1v) is 14.4. The number of nitrogens with one attached hydrogen (secondary N) is 1. The Morgan fingerprint density at radius 3 is 2.39 bits per heavy atom. The third-order valence-corrected chi connectivity index (χ3v) is 8.10. The lowest BCUT2D eigenvalue weighted by Crippen LogP contribution is -2.53. The summed E-state index contributed by atoms with van der Waals surface area (Å²) >= 11 is 6.33. The van der Waals surface area contributed by atoms with Gasteiger partial charge in [-0.15, -0.1) is 0 Å². The smallest absolute Gasteiger partial charge is 0.327 e. The highest BCUT2D eigenvalue weighted by molar-refractivity contribution is 7.90. The van der Waals surface area contributed by atoms with Crippen molar-refractivity contribution in [2.75, 3.05) is 19.5 Å². The largest absolute Gasteiger partial charge is 0.338 e. The molecule has 2 aliphatic rings. The summed E-state index contributed by atoms with van der Waals surface area (Å²) in [4.78, 5) is 34.4. The van der Waals surface area contributed by atoms with E-state index < -0.39 is 21.9 Å². The lowest BCUT2D eigenvalue weighted by Gasteiger charge is -2.36. The Balaban J connectivity index is 1.66. The fourth-order valence-corrected chi connectivity index (χ4v) is 5.67. The third-order valence-electron chi connectivity index (χ3n) is 6.74. The molecule has 196 valence electrons. The first-order chi connectivity index (χ1) is 18.1. The zero-order chi connectivity index (χ0) is 27.0. The van der Waals surface area contributed by atoms with Crippen molar-refractivity contribution in [3.05, 3.63) is 100 Å². The van der Waals surface area contributed by atoms with Gasteiger partial charge < -0.3 is 10.2 Å². The molecule has 3 aromatic rings. The Bertz CT molecular complexity index is 1530. The Morgan fingerprint density at radius 1 is 1.03 bits per heavy atom. The van der Waals surface area contributed by atoms with Crippen LogP contribution in [0.25, 0.3) is 0 Å². The van der Waals surface area contributed by atoms with Crippen LogP contribution in [-0.4, -0.2) is 55.5 Å². The third kappa shape index (κ3) is 5.16. The van der Waals surface area contributed by atoms with E-state index in [1.165, 1.54) is 6.26 Å². The lowest BCUT2D eigenvalue weighted by molar-refractivity contribution is -0.123. The molecule has 0 bridgehead atoms. The summed E-state index contributed by atoms with van der Waals surface area (Å²) in [5, 5.41) is 3.26. The average molecular weight is 551 g/mol. The molecule has 1 fully saturated rings. The van der Waals surface area contributed by atoms with Crippen LogP contribution < -0.4 is 5.32 Å². The maximum absolute atomic E-state index is 14.1. The van der Waals surface area contributed by atoms with Gasteiger partial charge >= 0.3 is 6.03 Å². The number of aliphatic imine (C=N–C) groups is 1. The fourth-order valence-electron chi connectivity index (χ4n) is 4.85. The first kappa shape index (κ1) is 25.9. The monoisotopic (exact) mass is 550 g/mol. The van der Waals surface area contributed by atoms with Gasteiger partial charge in [-0.25, -0.2) is 13.2 Å². The van der Waals surface area contributed by atoms with Gasteiger partial charge in [0, 0.05) is 29.8 Å². The van der Waals surface area contributed by atoms with E-state index in [2.05, 4.69) is 5.32 Å². The summed E-state index contributed by atoms with van der Waals surface area (Å²) in [6.45, 7) is 2.38. The molecule has 2 unspecified atom stereocenters. The van der Waals surface area contributed by atoms with Crippen molar-refractivity contribution in [2.45, 2.75) is 30.3 Å². The number of benzene rings is 3. The summed E-state index contributed by atoms with van der Waals surface area (Å²) in [5.74, 6) is 0.358. The van der Waals surface area contributed by atoms with Crippen LogP contribution in [0.2, 0.25) is 5.02 Å². The van der Waals surface area contributed by atoms with E-state index in [-0.39, 0.29) is 36.5 Å². The Morgan fingerprint density at radius 2 is 1.76 bits per heavy atom. The number of hydrogen-bond acceptors (Lipinski definition) is 5. The lowest BCUT2D eigenvalue weighted by atomic mass is 9.93. The summed E-state index contributed by atoms with van der Waals surface area (Å²) < 4.78 is 24.1. The molecule has 8 nitrogen and oxygen atoms in total. The zero-order valence-electron chi connectivity index (χ0n) is 21.0. The molecule has 38 heavy (non-hydrogen) atoms. The second-order valence-corrected chi connectivity index (χ2v) is 12.0. The number of aryl methyl sites for hydroxylation is 1. The number of carbonyl (C=O) groups excluding carboxylic acids is 2.